The normalized spacial score (nSPS) is 13.6. The van der Waals surface area contributed by atoms with Crippen molar-refractivity contribution < 1.29 is 21.1 Å². The van der Waals surface area contributed by atoms with Crippen molar-refractivity contribution in [3.05, 3.63) is 103 Å². The van der Waals surface area contributed by atoms with Crippen LogP contribution in [0.15, 0.2) is 90.1 Å². The second-order valence-electron chi connectivity index (χ2n) is 8.68. The molecule has 6 heteroatoms. The number of anilines is 3. The van der Waals surface area contributed by atoms with E-state index < -0.39 is 0 Å². The number of para-hydroxylation sites is 2. The fourth-order valence-corrected chi connectivity index (χ4v) is 4.84. The maximum atomic E-state index is 5.51. The molecule has 0 atom stereocenters. The molecule has 0 radical (unpaired) electrons. The van der Waals surface area contributed by atoms with Gasteiger partial charge in [0.25, 0.3) is 0 Å². The Balaban J connectivity index is 0.00000241. The molecule has 6 rings (SSSR count). The van der Waals surface area contributed by atoms with Gasteiger partial charge in [-0.15, -0.1) is 16.5 Å². The van der Waals surface area contributed by atoms with E-state index in [9.17, 15) is 0 Å². The van der Waals surface area contributed by atoms with Crippen LogP contribution in [0.2, 0.25) is 0 Å². The van der Waals surface area contributed by atoms with Crippen LogP contribution in [0, 0.1) is 6.07 Å². The molecular formula is C28H20N4PtS. The standard InChI is InChI=1S/C28H21N4S.Pt/c1-28(2)20-9-3-4-10-22(20)32(25-12-5-6-15-29-25)23-16-19(17-30-27(23)28)21-14-13-18-8-7-11-24(33)26(18)31-21;/h3-15,17,33H,1-2H3;/q-1;+2/p-1. The predicted octanol–water partition coefficient (Wildman–Crippen LogP) is 6.50. The number of pyridine rings is 3. The Morgan fingerprint density at radius 3 is 2.53 bits per heavy atom. The largest absolute Gasteiger partial charge is 2.00 e. The second kappa shape index (κ2) is 8.57. The van der Waals surface area contributed by atoms with E-state index in [-0.39, 0.29) is 26.5 Å². The number of nitrogens with zero attached hydrogens (tertiary/aromatic N) is 4. The molecule has 4 nitrogen and oxygen atoms in total. The molecule has 0 aliphatic carbocycles. The van der Waals surface area contributed by atoms with E-state index >= 15 is 0 Å². The van der Waals surface area contributed by atoms with E-state index in [1.807, 2.05) is 54.9 Å². The quantitative estimate of drug-likeness (QED) is 0.163. The maximum Gasteiger partial charge on any atom is 2.00 e. The predicted molar refractivity (Wildman–Crippen MR) is 134 cm³/mol. The number of benzene rings is 2. The maximum absolute atomic E-state index is 5.51. The molecule has 0 fully saturated rings. The molecule has 0 amide bonds. The Hall–Kier alpha value is -3.14. The summed E-state index contributed by atoms with van der Waals surface area (Å²) in [6.07, 6.45) is 3.68. The van der Waals surface area contributed by atoms with Gasteiger partial charge < -0.3 is 22.5 Å². The van der Waals surface area contributed by atoms with Gasteiger partial charge in [-0.1, -0.05) is 74.6 Å². The second-order valence-corrected chi connectivity index (χ2v) is 9.12. The van der Waals surface area contributed by atoms with Crippen LogP contribution in [0.3, 0.4) is 0 Å². The van der Waals surface area contributed by atoms with Crippen molar-refractivity contribution in [2.75, 3.05) is 4.90 Å². The zero-order valence-electron chi connectivity index (χ0n) is 18.6. The van der Waals surface area contributed by atoms with E-state index in [0.717, 1.165) is 49.9 Å². The molecule has 0 unspecified atom stereocenters. The van der Waals surface area contributed by atoms with Gasteiger partial charge >= 0.3 is 21.1 Å². The molecule has 0 saturated heterocycles. The first kappa shape index (κ1) is 22.6. The minimum absolute atomic E-state index is 0. The van der Waals surface area contributed by atoms with Crippen LogP contribution in [0.5, 0.6) is 0 Å². The number of aromatic nitrogens is 3. The van der Waals surface area contributed by atoms with E-state index in [2.05, 4.69) is 60.1 Å². The molecule has 1 aliphatic heterocycles. The third-order valence-corrected chi connectivity index (χ3v) is 6.60. The van der Waals surface area contributed by atoms with Gasteiger partial charge in [-0.2, -0.15) is 0 Å². The molecule has 4 heterocycles. The van der Waals surface area contributed by atoms with Crippen molar-refractivity contribution in [3.63, 3.8) is 0 Å². The molecule has 3 aromatic heterocycles. The molecule has 0 spiro atoms. The molecule has 0 bridgehead atoms. The van der Waals surface area contributed by atoms with E-state index in [4.69, 9.17) is 22.6 Å². The summed E-state index contributed by atoms with van der Waals surface area (Å²) in [6.45, 7) is 4.41. The smallest absolute Gasteiger partial charge is 0.778 e. The summed E-state index contributed by atoms with van der Waals surface area (Å²) in [7, 11) is 0. The van der Waals surface area contributed by atoms with Gasteiger partial charge in [-0.05, 0) is 46.2 Å². The zero-order chi connectivity index (χ0) is 22.6. The van der Waals surface area contributed by atoms with Crippen molar-refractivity contribution in [2.45, 2.75) is 24.2 Å². The summed E-state index contributed by atoms with van der Waals surface area (Å²) in [5.41, 5.74) is 6.31. The Kier molecular flexibility index (Phi) is 5.71. The number of hydrogen-bond acceptors (Lipinski definition) is 5. The summed E-state index contributed by atoms with van der Waals surface area (Å²) in [4.78, 5) is 17.4. The van der Waals surface area contributed by atoms with Crippen molar-refractivity contribution in [2.24, 2.45) is 0 Å². The van der Waals surface area contributed by atoms with Gasteiger partial charge in [0.1, 0.15) is 5.82 Å². The van der Waals surface area contributed by atoms with Crippen LogP contribution >= 0.6 is 0 Å². The SMILES string of the molecule is CC1(C)c2ccccc2N(c2ccccn2)c2[c-]c(-c3ccc4cccc([S-])c4n3)cnc21.[Pt+2]. The molecule has 2 aromatic carbocycles. The van der Waals surface area contributed by atoms with Gasteiger partial charge in [-0.25, -0.2) is 4.98 Å². The fourth-order valence-electron chi connectivity index (χ4n) is 4.60. The van der Waals surface area contributed by atoms with Crippen molar-refractivity contribution >= 4 is 40.7 Å². The van der Waals surface area contributed by atoms with Crippen LogP contribution in [0.1, 0.15) is 25.1 Å². The zero-order valence-corrected chi connectivity index (χ0v) is 21.7. The van der Waals surface area contributed by atoms with Gasteiger partial charge in [0.2, 0.25) is 0 Å². The van der Waals surface area contributed by atoms with Crippen LogP contribution in [-0.2, 0) is 39.1 Å². The van der Waals surface area contributed by atoms with Crippen molar-refractivity contribution in [3.8, 4) is 11.3 Å². The van der Waals surface area contributed by atoms with Crippen molar-refractivity contribution in [1.29, 1.82) is 0 Å². The summed E-state index contributed by atoms with van der Waals surface area (Å²) >= 11 is 5.51. The molecular weight excluding hydrogens is 619 g/mol. The Labute approximate surface area is 218 Å². The number of hydrogen-bond donors (Lipinski definition) is 0. The van der Waals surface area contributed by atoms with Gasteiger partial charge in [0.05, 0.1) is 0 Å². The van der Waals surface area contributed by atoms with Gasteiger partial charge in [0, 0.05) is 22.8 Å². The van der Waals surface area contributed by atoms with E-state index in [1.54, 1.807) is 0 Å². The first-order valence-corrected chi connectivity index (χ1v) is 11.3. The molecule has 1 aliphatic rings. The summed E-state index contributed by atoms with van der Waals surface area (Å²) in [5, 5.41) is 1.03. The monoisotopic (exact) mass is 639 g/mol. The molecule has 34 heavy (non-hydrogen) atoms. The molecule has 0 saturated carbocycles. The fraction of sp³-hybridized carbons (Fsp3) is 0.107. The average molecular weight is 640 g/mol. The summed E-state index contributed by atoms with van der Waals surface area (Å²) < 4.78 is 0. The Morgan fingerprint density at radius 1 is 0.882 bits per heavy atom. The molecule has 168 valence electrons. The first-order valence-electron chi connectivity index (χ1n) is 10.8. The van der Waals surface area contributed by atoms with Crippen LogP contribution in [0.25, 0.3) is 22.2 Å². The van der Waals surface area contributed by atoms with E-state index in [0.29, 0.717) is 0 Å². The average Bonchev–Trinajstić information content (AvgIpc) is 2.85. The number of rotatable bonds is 2. The first-order chi connectivity index (χ1) is 16.0. The minimum Gasteiger partial charge on any atom is -0.778 e. The topological polar surface area (TPSA) is 41.9 Å². The minimum atomic E-state index is -0.281. The Bertz CT molecular complexity index is 1520. The third kappa shape index (κ3) is 3.51. The Morgan fingerprint density at radius 2 is 1.71 bits per heavy atom. The van der Waals surface area contributed by atoms with Crippen LogP contribution in [0.4, 0.5) is 17.2 Å². The molecule has 0 N–H and O–H groups in total. The van der Waals surface area contributed by atoms with Crippen LogP contribution < -0.4 is 4.90 Å². The number of fused-ring (bicyclic) bond motifs is 3. The summed E-state index contributed by atoms with van der Waals surface area (Å²) in [5.74, 6) is 0.830. The summed E-state index contributed by atoms with van der Waals surface area (Å²) in [6, 6.07) is 28.0. The van der Waals surface area contributed by atoms with Gasteiger partial charge in [-0.3, -0.25) is 4.98 Å². The third-order valence-electron chi connectivity index (χ3n) is 6.27. The molecule has 5 aromatic rings. The van der Waals surface area contributed by atoms with Crippen molar-refractivity contribution in [1.82, 2.24) is 15.0 Å². The van der Waals surface area contributed by atoms with Gasteiger partial charge in [0.15, 0.2) is 0 Å². The van der Waals surface area contributed by atoms with E-state index in [1.165, 1.54) is 5.56 Å². The van der Waals surface area contributed by atoms with Crippen LogP contribution in [-0.4, -0.2) is 15.0 Å².